The Kier molecular flexibility index (Phi) is 5.49. The van der Waals surface area contributed by atoms with E-state index in [2.05, 4.69) is 0 Å². The van der Waals surface area contributed by atoms with Crippen LogP contribution in [0.5, 0.6) is 5.75 Å². The first-order valence-corrected chi connectivity index (χ1v) is 7.12. The number of hydrogen-bond donors (Lipinski definition) is 0. The normalized spacial score (nSPS) is 10.5. The summed E-state index contributed by atoms with van der Waals surface area (Å²) in [7, 11) is 1.57. The van der Waals surface area contributed by atoms with Crippen LogP contribution in [0.1, 0.15) is 17.3 Å². The van der Waals surface area contributed by atoms with Gasteiger partial charge < -0.3 is 14.0 Å². The van der Waals surface area contributed by atoms with Gasteiger partial charge in [0.1, 0.15) is 5.75 Å². The highest BCUT2D eigenvalue weighted by atomic mass is 16.5. The predicted octanol–water partition coefficient (Wildman–Crippen LogP) is 2.37. The Morgan fingerprint density at radius 1 is 1.14 bits per heavy atom. The van der Waals surface area contributed by atoms with E-state index in [1.54, 1.807) is 23.8 Å². The number of carbonyl (C=O) groups is 1. The van der Waals surface area contributed by atoms with Gasteiger partial charge in [-0.2, -0.15) is 0 Å². The van der Waals surface area contributed by atoms with E-state index in [1.165, 1.54) is 0 Å². The van der Waals surface area contributed by atoms with Gasteiger partial charge >= 0.3 is 0 Å². The van der Waals surface area contributed by atoms with Crippen LogP contribution in [0, 0.1) is 0 Å². The molecule has 0 spiro atoms. The van der Waals surface area contributed by atoms with E-state index in [0.29, 0.717) is 26.0 Å². The maximum absolute atomic E-state index is 12.3. The van der Waals surface area contributed by atoms with Crippen molar-refractivity contribution >= 4 is 6.29 Å². The molecule has 0 saturated heterocycles. The lowest BCUT2D eigenvalue weighted by Crippen LogP contribution is -2.26. The van der Waals surface area contributed by atoms with Crippen LogP contribution in [-0.2, 0) is 11.3 Å². The third kappa shape index (κ3) is 3.43. The number of aldehydes is 1. The Labute approximate surface area is 129 Å². The summed E-state index contributed by atoms with van der Waals surface area (Å²) in [6, 6.07) is 10.8. The van der Waals surface area contributed by atoms with E-state index in [4.69, 9.17) is 9.47 Å². The number of methoxy groups -OCH3 is 1. The van der Waals surface area contributed by atoms with E-state index < -0.39 is 0 Å². The van der Waals surface area contributed by atoms with Gasteiger partial charge in [-0.1, -0.05) is 0 Å². The molecule has 2 rings (SSSR count). The third-order valence-corrected chi connectivity index (χ3v) is 3.31. The standard InChI is InChI=1S/C17H19NO4/c1-3-22-15-7-4-13(5-8-15)16-9-6-14(12-19)17(20)18(16)10-11-21-2/h4-9,12H,3,10-11H2,1-2H3. The molecule has 116 valence electrons. The average Bonchev–Trinajstić information content (AvgIpc) is 2.54. The molecule has 0 radical (unpaired) electrons. The van der Waals surface area contributed by atoms with Crippen molar-refractivity contribution in [3.05, 3.63) is 52.3 Å². The second kappa shape index (κ2) is 7.56. The van der Waals surface area contributed by atoms with E-state index in [-0.39, 0.29) is 11.1 Å². The third-order valence-electron chi connectivity index (χ3n) is 3.31. The molecule has 0 bridgehead atoms. The first kappa shape index (κ1) is 16.0. The summed E-state index contributed by atoms with van der Waals surface area (Å²) in [6.07, 6.45) is 0.577. The summed E-state index contributed by atoms with van der Waals surface area (Å²) in [4.78, 5) is 23.3. The lowest BCUT2D eigenvalue weighted by molar-refractivity contribution is 0.112. The van der Waals surface area contributed by atoms with Crippen molar-refractivity contribution in [3.63, 3.8) is 0 Å². The molecule has 22 heavy (non-hydrogen) atoms. The number of ether oxygens (including phenoxy) is 2. The van der Waals surface area contributed by atoms with Crippen molar-refractivity contribution in [1.29, 1.82) is 0 Å². The molecular weight excluding hydrogens is 282 g/mol. The molecule has 0 amide bonds. The second-order valence-electron chi connectivity index (χ2n) is 4.70. The van der Waals surface area contributed by atoms with E-state index in [9.17, 15) is 9.59 Å². The van der Waals surface area contributed by atoms with Crippen LogP contribution in [-0.4, -0.2) is 31.2 Å². The molecule has 1 heterocycles. The Balaban J connectivity index is 2.46. The molecular formula is C17H19NO4. The molecule has 5 heteroatoms. The first-order valence-electron chi connectivity index (χ1n) is 7.12. The summed E-state index contributed by atoms with van der Waals surface area (Å²) in [5, 5.41) is 0. The van der Waals surface area contributed by atoms with Gasteiger partial charge in [0.05, 0.1) is 24.5 Å². The van der Waals surface area contributed by atoms with Crippen LogP contribution >= 0.6 is 0 Å². The molecule has 2 aromatic rings. The van der Waals surface area contributed by atoms with Crippen molar-refractivity contribution < 1.29 is 14.3 Å². The Hall–Kier alpha value is -2.40. The molecule has 0 unspecified atom stereocenters. The molecule has 0 fully saturated rings. The van der Waals surface area contributed by atoms with Crippen LogP contribution in [0.3, 0.4) is 0 Å². The van der Waals surface area contributed by atoms with Crippen molar-refractivity contribution in [1.82, 2.24) is 4.57 Å². The fraction of sp³-hybridized carbons (Fsp3) is 0.294. The average molecular weight is 301 g/mol. The lowest BCUT2D eigenvalue weighted by atomic mass is 10.1. The highest BCUT2D eigenvalue weighted by Crippen LogP contribution is 2.22. The monoisotopic (exact) mass is 301 g/mol. The smallest absolute Gasteiger partial charge is 0.261 e. The van der Waals surface area contributed by atoms with Gasteiger partial charge in [0.15, 0.2) is 6.29 Å². The molecule has 0 saturated carbocycles. The van der Waals surface area contributed by atoms with Crippen LogP contribution in [0.4, 0.5) is 0 Å². The Bertz CT molecular complexity index is 689. The second-order valence-corrected chi connectivity index (χ2v) is 4.70. The summed E-state index contributed by atoms with van der Waals surface area (Å²) >= 11 is 0. The Morgan fingerprint density at radius 2 is 1.86 bits per heavy atom. The maximum Gasteiger partial charge on any atom is 0.261 e. The number of pyridine rings is 1. The zero-order valence-corrected chi connectivity index (χ0v) is 12.7. The molecule has 0 atom stereocenters. The molecule has 1 aromatic heterocycles. The van der Waals surface area contributed by atoms with E-state index in [1.807, 2.05) is 31.2 Å². The topological polar surface area (TPSA) is 57.5 Å². The summed E-state index contributed by atoms with van der Waals surface area (Å²) in [5.41, 5.74) is 1.47. The minimum absolute atomic E-state index is 0.144. The highest BCUT2D eigenvalue weighted by Gasteiger charge is 2.10. The van der Waals surface area contributed by atoms with E-state index >= 15 is 0 Å². The molecule has 0 aliphatic carbocycles. The van der Waals surface area contributed by atoms with Gasteiger partial charge in [0.2, 0.25) is 0 Å². The fourth-order valence-electron chi connectivity index (χ4n) is 2.23. The summed E-state index contributed by atoms with van der Waals surface area (Å²) in [5.74, 6) is 0.779. The molecule has 0 aliphatic rings. The summed E-state index contributed by atoms with van der Waals surface area (Å²) < 4.78 is 12.0. The van der Waals surface area contributed by atoms with Crippen LogP contribution in [0.25, 0.3) is 11.3 Å². The van der Waals surface area contributed by atoms with Crippen LogP contribution < -0.4 is 10.3 Å². The molecule has 1 aromatic carbocycles. The van der Waals surface area contributed by atoms with Crippen LogP contribution in [0.15, 0.2) is 41.2 Å². The van der Waals surface area contributed by atoms with Crippen molar-refractivity contribution in [2.75, 3.05) is 20.3 Å². The van der Waals surface area contributed by atoms with Crippen molar-refractivity contribution in [2.45, 2.75) is 13.5 Å². The minimum Gasteiger partial charge on any atom is -0.494 e. The number of carbonyl (C=O) groups excluding carboxylic acids is 1. The molecule has 0 N–H and O–H groups in total. The minimum atomic E-state index is -0.307. The van der Waals surface area contributed by atoms with Crippen LogP contribution in [0.2, 0.25) is 0 Å². The number of benzene rings is 1. The zero-order chi connectivity index (χ0) is 15.9. The fourth-order valence-corrected chi connectivity index (χ4v) is 2.23. The van der Waals surface area contributed by atoms with Gasteiger partial charge in [-0.3, -0.25) is 9.59 Å². The highest BCUT2D eigenvalue weighted by molar-refractivity contribution is 5.75. The molecule has 5 nitrogen and oxygen atoms in total. The SMILES string of the molecule is CCOc1ccc(-c2ccc(C=O)c(=O)n2CCOC)cc1. The van der Waals surface area contributed by atoms with Gasteiger partial charge in [0, 0.05) is 13.7 Å². The van der Waals surface area contributed by atoms with Gasteiger partial charge in [0.25, 0.3) is 5.56 Å². The number of aromatic nitrogens is 1. The van der Waals surface area contributed by atoms with Crippen molar-refractivity contribution in [3.8, 4) is 17.0 Å². The molecule has 0 aliphatic heterocycles. The largest absolute Gasteiger partial charge is 0.494 e. The quantitative estimate of drug-likeness (QED) is 0.737. The van der Waals surface area contributed by atoms with Gasteiger partial charge in [-0.15, -0.1) is 0 Å². The van der Waals surface area contributed by atoms with Crippen molar-refractivity contribution in [2.24, 2.45) is 0 Å². The maximum atomic E-state index is 12.3. The van der Waals surface area contributed by atoms with Gasteiger partial charge in [-0.05, 0) is 48.9 Å². The van der Waals surface area contributed by atoms with Gasteiger partial charge in [-0.25, -0.2) is 0 Å². The summed E-state index contributed by atoms with van der Waals surface area (Å²) in [6.45, 7) is 3.31. The number of rotatable bonds is 7. The predicted molar refractivity (Wildman–Crippen MR) is 84.6 cm³/mol. The first-order chi connectivity index (χ1) is 10.7. The lowest BCUT2D eigenvalue weighted by Gasteiger charge is -2.14. The number of hydrogen-bond acceptors (Lipinski definition) is 4. The zero-order valence-electron chi connectivity index (χ0n) is 12.7. The Morgan fingerprint density at radius 3 is 2.45 bits per heavy atom. The number of nitrogens with zero attached hydrogens (tertiary/aromatic N) is 1. The van der Waals surface area contributed by atoms with E-state index in [0.717, 1.165) is 17.0 Å².